The van der Waals surface area contributed by atoms with Crippen molar-refractivity contribution in [2.24, 2.45) is 58.2 Å². The van der Waals surface area contributed by atoms with Crippen LogP contribution in [0.4, 0.5) is 0 Å². The molecule has 0 unspecified atom stereocenters. The first-order chi connectivity index (χ1) is 15.9. The summed E-state index contributed by atoms with van der Waals surface area (Å²) < 4.78 is 4.79. The van der Waals surface area contributed by atoms with E-state index in [0.29, 0.717) is 44.9 Å². The number of carboxylic acid groups (broad SMARTS) is 2. The first-order valence-corrected chi connectivity index (χ1v) is 13.0. The second kappa shape index (κ2) is 8.94. The molecule has 4 fully saturated rings. The maximum absolute atomic E-state index is 13.6. The first kappa shape index (κ1) is 25.2. The molecule has 7 nitrogen and oxygen atoms in total. The Labute approximate surface area is 202 Å². The maximum Gasteiger partial charge on any atom is 0.305 e. The average molecular weight is 475 g/mol. The minimum atomic E-state index is -1.04. The van der Waals surface area contributed by atoms with Gasteiger partial charge in [-0.25, -0.2) is 0 Å². The van der Waals surface area contributed by atoms with E-state index in [1.165, 1.54) is 7.11 Å². The van der Waals surface area contributed by atoms with Crippen LogP contribution in [0.25, 0.3) is 0 Å². The monoisotopic (exact) mass is 474 g/mol. The molecular formula is C27H38O7-2. The quantitative estimate of drug-likeness (QED) is 0.537. The van der Waals surface area contributed by atoms with E-state index in [-0.39, 0.29) is 52.7 Å². The number of carbonyl (C=O) groups is 4. The summed E-state index contributed by atoms with van der Waals surface area (Å²) in [6.07, 6.45) is 5.03. The van der Waals surface area contributed by atoms with Gasteiger partial charge in [-0.15, -0.1) is 0 Å². The third kappa shape index (κ3) is 3.78. The van der Waals surface area contributed by atoms with Gasteiger partial charge in [0.1, 0.15) is 5.78 Å². The number of hydrogen-bond acceptors (Lipinski definition) is 7. The molecule has 4 saturated carbocycles. The van der Waals surface area contributed by atoms with Crippen LogP contribution in [0, 0.1) is 58.2 Å². The molecule has 0 N–H and O–H groups in total. The van der Waals surface area contributed by atoms with Gasteiger partial charge in [0.15, 0.2) is 0 Å². The van der Waals surface area contributed by atoms with Crippen molar-refractivity contribution < 1.29 is 34.1 Å². The van der Waals surface area contributed by atoms with Crippen LogP contribution in [-0.4, -0.2) is 30.8 Å². The van der Waals surface area contributed by atoms with Crippen LogP contribution in [0.3, 0.4) is 0 Å². The van der Waals surface area contributed by atoms with Crippen molar-refractivity contribution in [1.82, 2.24) is 0 Å². The van der Waals surface area contributed by atoms with Crippen molar-refractivity contribution >= 4 is 23.7 Å². The number of rotatable bonds is 6. The fourth-order valence-corrected chi connectivity index (χ4v) is 9.12. The van der Waals surface area contributed by atoms with Crippen molar-refractivity contribution in [2.45, 2.75) is 78.6 Å². The normalized spacial score (nSPS) is 44.4. The number of ketones is 1. The van der Waals surface area contributed by atoms with Gasteiger partial charge >= 0.3 is 5.97 Å². The average Bonchev–Trinajstić information content (AvgIpc) is 3.14. The van der Waals surface area contributed by atoms with Gasteiger partial charge in [-0.3, -0.25) is 9.59 Å². The van der Waals surface area contributed by atoms with Crippen molar-refractivity contribution in [2.75, 3.05) is 7.11 Å². The third-order valence-electron chi connectivity index (χ3n) is 11.0. The highest BCUT2D eigenvalue weighted by molar-refractivity contribution is 5.84. The lowest BCUT2D eigenvalue weighted by atomic mass is 9.41. The summed E-state index contributed by atoms with van der Waals surface area (Å²) in [6.45, 7) is 6.30. The molecule has 0 bridgehead atoms. The molecule has 0 aromatic rings. The van der Waals surface area contributed by atoms with E-state index in [9.17, 15) is 29.4 Å². The summed E-state index contributed by atoms with van der Waals surface area (Å²) in [5.41, 5.74) is -0.801. The molecular weight excluding hydrogens is 436 g/mol. The Bertz CT molecular complexity index is 867. The minimum absolute atomic E-state index is 0.0242. The summed E-state index contributed by atoms with van der Waals surface area (Å²) in [5, 5.41) is 24.1. The molecule has 4 aliphatic carbocycles. The summed E-state index contributed by atoms with van der Waals surface area (Å²) in [7, 11) is 1.37. The molecule has 0 aromatic heterocycles. The highest BCUT2D eigenvalue weighted by Gasteiger charge is 2.66. The van der Waals surface area contributed by atoms with E-state index in [4.69, 9.17) is 4.74 Å². The molecule has 0 radical (unpaired) electrons. The number of Topliss-reactive ketones (excluding diaryl/α,β-unsaturated/α-hetero) is 1. The fourth-order valence-electron chi connectivity index (χ4n) is 9.12. The Morgan fingerprint density at radius 3 is 2.38 bits per heavy atom. The largest absolute Gasteiger partial charge is 0.550 e. The Morgan fingerprint density at radius 2 is 1.76 bits per heavy atom. The SMILES string of the molecule is COC(=O)CC[C@H](C)[C@H]1CC[C@@H]2[C@H]3C(=O)C[C@@H]4C[C@H](C(=O)[O-])CC[C@]4(C)[C@H]3C[C@H](C(=O)[O-])[C@@]21C. The fraction of sp³-hybridized carbons (Fsp3) is 0.852. The Balaban J connectivity index is 1.65. The van der Waals surface area contributed by atoms with Crippen molar-refractivity contribution in [3.8, 4) is 0 Å². The predicted molar refractivity (Wildman–Crippen MR) is 118 cm³/mol. The summed E-state index contributed by atoms with van der Waals surface area (Å²) in [5.74, 6) is -3.43. The maximum atomic E-state index is 13.6. The van der Waals surface area contributed by atoms with Crippen LogP contribution in [0.2, 0.25) is 0 Å². The number of fused-ring (bicyclic) bond motifs is 5. The molecule has 4 rings (SSSR count). The second-order valence-corrected chi connectivity index (χ2v) is 12.2. The number of aliphatic carboxylic acids is 2. The van der Waals surface area contributed by atoms with Crippen LogP contribution in [-0.2, 0) is 23.9 Å². The van der Waals surface area contributed by atoms with Gasteiger partial charge in [-0.1, -0.05) is 20.8 Å². The lowest BCUT2D eigenvalue weighted by Gasteiger charge is -2.63. The highest BCUT2D eigenvalue weighted by atomic mass is 16.5. The zero-order chi connectivity index (χ0) is 25.0. The van der Waals surface area contributed by atoms with Crippen LogP contribution < -0.4 is 10.2 Å². The van der Waals surface area contributed by atoms with Crippen LogP contribution in [0.15, 0.2) is 0 Å². The molecule has 0 aliphatic heterocycles. The number of ether oxygens (including phenoxy) is 1. The second-order valence-electron chi connectivity index (χ2n) is 12.2. The Morgan fingerprint density at radius 1 is 1.06 bits per heavy atom. The van der Waals surface area contributed by atoms with Gasteiger partial charge in [0, 0.05) is 36.6 Å². The third-order valence-corrected chi connectivity index (χ3v) is 11.0. The Hall–Kier alpha value is -1.92. The molecule has 190 valence electrons. The van der Waals surface area contributed by atoms with Gasteiger partial charge in [0.25, 0.3) is 0 Å². The molecule has 0 aromatic carbocycles. The van der Waals surface area contributed by atoms with Gasteiger partial charge in [0.2, 0.25) is 0 Å². The van der Waals surface area contributed by atoms with Crippen molar-refractivity contribution in [3.63, 3.8) is 0 Å². The lowest BCUT2D eigenvalue weighted by Crippen LogP contribution is -2.62. The van der Waals surface area contributed by atoms with Crippen LogP contribution >= 0.6 is 0 Å². The number of carbonyl (C=O) groups excluding carboxylic acids is 4. The molecule has 0 spiro atoms. The molecule has 0 heterocycles. The van der Waals surface area contributed by atoms with E-state index in [1.807, 2.05) is 0 Å². The van der Waals surface area contributed by atoms with Crippen LogP contribution in [0.5, 0.6) is 0 Å². The number of methoxy groups -OCH3 is 1. The van der Waals surface area contributed by atoms with E-state index in [2.05, 4.69) is 20.8 Å². The minimum Gasteiger partial charge on any atom is -0.550 e. The zero-order valence-electron chi connectivity index (χ0n) is 20.8. The smallest absolute Gasteiger partial charge is 0.305 e. The Kier molecular flexibility index (Phi) is 6.62. The molecule has 10 atom stereocenters. The predicted octanol–water partition coefficient (Wildman–Crippen LogP) is 1.76. The number of carboxylic acids is 2. The molecule has 7 heteroatoms. The number of esters is 1. The number of hydrogen-bond donors (Lipinski definition) is 0. The summed E-state index contributed by atoms with van der Waals surface area (Å²) >= 11 is 0. The highest BCUT2D eigenvalue weighted by Crippen LogP contribution is 2.69. The topological polar surface area (TPSA) is 124 Å². The van der Waals surface area contributed by atoms with Gasteiger partial charge < -0.3 is 24.5 Å². The van der Waals surface area contributed by atoms with Crippen molar-refractivity contribution in [1.29, 1.82) is 0 Å². The lowest BCUT2D eigenvalue weighted by molar-refractivity contribution is -0.321. The first-order valence-electron chi connectivity index (χ1n) is 13.0. The molecule has 4 aliphatic rings. The van der Waals surface area contributed by atoms with Gasteiger partial charge in [-0.2, -0.15) is 0 Å². The summed E-state index contributed by atoms with van der Waals surface area (Å²) in [4.78, 5) is 49.4. The molecule has 34 heavy (non-hydrogen) atoms. The van der Waals surface area contributed by atoms with E-state index < -0.39 is 29.2 Å². The van der Waals surface area contributed by atoms with E-state index >= 15 is 0 Å². The van der Waals surface area contributed by atoms with E-state index in [0.717, 1.165) is 12.8 Å². The standard InChI is InChI=1S/C27H40O7/c1-14(5-8-22(29)34-4)17-6-7-18-23-19(13-20(25(32)33)27(17,18)3)26(2)10-9-15(24(30)31)11-16(26)12-21(23)28/h14-20,23H,5-13H2,1-4H3,(H,30,31)(H,32,33)/p-2/t14-,15+,16-,17+,18+,19-,20+,23+,26-,27+/m0/s1. The van der Waals surface area contributed by atoms with E-state index in [1.54, 1.807) is 0 Å². The van der Waals surface area contributed by atoms with Crippen LogP contribution in [0.1, 0.15) is 78.6 Å². The molecule has 0 saturated heterocycles. The van der Waals surface area contributed by atoms with Crippen molar-refractivity contribution in [3.05, 3.63) is 0 Å². The van der Waals surface area contributed by atoms with Gasteiger partial charge in [0.05, 0.1) is 7.11 Å². The van der Waals surface area contributed by atoms with Gasteiger partial charge in [-0.05, 0) is 91.3 Å². The molecule has 0 amide bonds. The zero-order valence-corrected chi connectivity index (χ0v) is 20.8. The summed E-state index contributed by atoms with van der Waals surface area (Å²) in [6, 6.07) is 0.